The van der Waals surface area contributed by atoms with Gasteiger partial charge >= 0.3 is 0 Å². The minimum atomic E-state index is -0.643. The van der Waals surface area contributed by atoms with Crippen molar-refractivity contribution in [3.8, 4) is 0 Å². The largest absolute Gasteiger partial charge is 0.292 e. The van der Waals surface area contributed by atoms with Gasteiger partial charge in [-0.15, -0.1) is 0 Å². The molecule has 0 N–H and O–H groups in total. The highest BCUT2D eigenvalue weighted by atomic mass is 79.9. The van der Waals surface area contributed by atoms with Crippen LogP contribution in [0, 0.1) is 23.7 Å². The molecule has 0 radical (unpaired) electrons. The lowest BCUT2D eigenvalue weighted by Crippen LogP contribution is -2.52. The van der Waals surface area contributed by atoms with E-state index in [1.165, 1.54) is 6.07 Å². The lowest BCUT2D eigenvalue weighted by Gasteiger charge is -2.31. The second-order valence-electron chi connectivity index (χ2n) is 8.65. The quantitative estimate of drug-likeness (QED) is 0.438. The van der Waals surface area contributed by atoms with E-state index in [0.29, 0.717) is 5.56 Å². The number of fused-ring (bicyclic) bond motifs is 5. The van der Waals surface area contributed by atoms with E-state index in [1.807, 2.05) is 0 Å². The zero-order valence-electron chi connectivity index (χ0n) is 17.0. The molecular formula is C24H20BrClN2O4. The van der Waals surface area contributed by atoms with Gasteiger partial charge in [-0.2, -0.15) is 5.01 Å². The first-order chi connectivity index (χ1) is 15.4. The number of hydrogen-bond donors (Lipinski definition) is 0. The Morgan fingerprint density at radius 3 is 2.16 bits per heavy atom. The second-order valence-corrected chi connectivity index (χ2v) is 9.97. The predicted molar refractivity (Wildman–Crippen MR) is 121 cm³/mol. The van der Waals surface area contributed by atoms with Crippen molar-refractivity contribution in [2.75, 3.05) is 6.54 Å². The molecule has 2 aromatic carbocycles. The average molecular weight is 516 g/mol. The van der Waals surface area contributed by atoms with Crippen LogP contribution in [0.3, 0.4) is 0 Å². The van der Waals surface area contributed by atoms with E-state index < -0.39 is 24.3 Å². The van der Waals surface area contributed by atoms with Gasteiger partial charge in [-0.05, 0) is 55.4 Å². The molecule has 2 saturated carbocycles. The van der Waals surface area contributed by atoms with Crippen molar-refractivity contribution >= 4 is 51.0 Å². The highest BCUT2D eigenvalue weighted by Crippen LogP contribution is 2.56. The van der Waals surface area contributed by atoms with Crippen molar-refractivity contribution in [2.24, 2.45) is 23.7 Å². The molecule has 1 heterocycles. The lowest BCUT2D eigenvalue weighted by atomic mass is 9.81. The van der Waals surface area contributed by atoms with Crippen molar-refractivity contribution in [2.45, 2.75) is 19.3 Å². The molecule has 3 amide bonds. The Hall–Kier alpha value is -2.51. The molecule has 2 bridgehead atoms. The van der Waals surface area contributed by atoms with Crippen molar-refractivity contribution in [3.63, 3.8) is 0 Å². The molecule has 3 fully saturated rings. The molecule has 4 atom stereocenters. The van der Waals surface area contributed by atoms with E-state index in [1.54, 1.807) is 42.5 Å². The van der Waals surface area contributed by atoms with Gasteiger partial charge in [0.15, 0.2) is 5.78 Å². The number of benzene rings is 2. The summed E-state index contributed by atoms with van der Waals surface area (Å²) in [5, 5.41) is 2.12. The molecule has 1 aliphatic heterocycles. The predicted octanol–water partition coefficient (Wildman–Crippen LogP) is 4.37. The number of ketones is 1. The van der Waals surface area contributed by atoms with Gasteiger partial charge in [-0.1, -0.05) is 51.8 Å². The summed E-state index contributed by atoms with van der Waals surface area (Å²) < 4.78 is 0.811. The fourth-order valence-corrected chi connectivity index (χ4v) is 5.98. The maximum Gasteiger partial charge on any atom is 0.274 e. The number of imide groups is 1. The van der Waals surface area contributed by atoms with Gasteiger partial charge in [0.05, 0.1) is 22.4 Å². The van der Waals surface area contributed by atoms with Crippen LogP contribution in [0.2, 0.25) is 5.02 Å². The summed E-state index contributed by atoms with van der Waals surface area (Å²) in [5.74, 6) is -2.23. The minimum absolute atomic E-state index is 0.137. The van der Waals surface area contributed by atoms with Crippen LogP contribution in [0.4, 0.5) is 0 Å². The van der Waals surface area contributed by atoms with E-state index in [2.05, 4.69) is 15.9 Å². The fraction of sp³-hybridized carbons (Fsp3) is 0.333. The van der Waals surface area contributed by atoms with Crippen molar-refractivity contribution < 1.29 is 19.2 Å². The number of rotatable bonds is 5. The minimum Gasteiger partial charge on any atom is -0.292 e. The maximum absolute atomic E-state index is 13.5. The number of halogens is 2. The van der Waals surface area contributed by atoms with Gasteiger partial charge in [0.25, 0.3) is 17.7 Å². The van der Waals surface area contributed by atoms with Crippen LogP contribution in [-0.4, -0.2) is 40.1 Å². The topological polar surface area (TPSA) is 74.8 Å². The van der Waals surface area contributed by atoms with Gasteiger partial charge in [-0.25, -0.2) is 5.01 Å². The van der Waals surface area contributed by atoms with E-state index in [0.717, 1.165) is 33.8 Å². The number of Topliss-reactive ketones (excluding diaryl/α,β-unsaturated/α-hetero) is 1. The zero-order chi connectivity index (χ0) is 22.6. The number of hydrogen-bond acceptors (Lipinski definition) is 4. The molecule has 1 saturated heterocycles. The van der Waals surface area contributed by atoms with Crippen LogP contribution in [0.15, 0.2) is 53.0 Å². The van der Waals surface area contributed by atoms with Crippen LogP contribution in [0.5, 0.6) is 0 Å². The molecular weight excluding hydrogens is 496 g/mol. The maximum atomic E-state index is 13.5. The molecule has 0 unspecified atom stereocenters. The number of carbonyl (C=O) groups is 4. The molecule has 6 nitrogen and oxygen atoms in total. The Morgan fingerprint density at radius 2 is 1.56 bits per heavy atom. The summed E-state index contributed by atoms with van der Waals surface area (Å²) in [6.45, 7) is -0.433. The van der Waals surface area contributed by atoms with E-state index in [4.69, 9.17) is 11.6 Å². The standard InChI is InChI=1S/C24H20BrClN2O4/c25-16-9-7-13(8-10-16)19(29)12-27(22(30)17-3-1-2-4-18(17)26)28-23(31)20-14-5-6-15(11-14)21(20)24(28)32/h1-4,7-10,14-15,20-21H,5-6,11-12H2/t14-,15-,20-,21-/m0/s1. The molecule has 164 valence electrons. The van der Waals surface area contributed by atoms with Gasteiger partial charge in [0.2, 0.25) is 0 Å². The molecule has 2 aromatic rings. The van der Waals surface area contributed by atoms with Gasteiger partial charge in [-0.3, -0.25) is 19.2 Å². The van der Waals surface area contributed by atoms with Crippen LogP contribution < -0.4 is 0 Å². The third-order valence-corrected chi connectivity index (χ3v) is 7.80. The first kappa shape index (κ1) is 21.3. The summed E-state index contributed by atoms with van der Waals surface area (Å²) in [6.07, 6.45) is 2.74. The normalized spacial score (nSPS) is 25.9. The average Bonchev–Trinajstić information content (AvgIpc) is 3.46. The number of hydrazine groups is 1. The molecule has 2 aliphatic carbocycles. The summed E-state index contributed by atoms with van der Waals surface area (Å²) in [4.78, 5) is 53.3. The van der Waals surface area contributed by atoms with E-state index in [9.17, 15) is 19.2 Å². The fourth-order valence-electron chi connectivity index (χ4n) is 5.50. The summed E-state index contributed by atoms with van der Waals surface area (Å²) in [5.41, 5.74) is 0.517. The monoisotopic (exact) mass is 514 g/mol. The molecule has 8 heteroatoms. The Balaban J connectivity index is 1.51. The Bertz CT molecular complexity index is 1110. The van der Waals surface area contributed by atoms with Gasteiger partial charge in [0, 0.05) is 10.0 Å². The number of nitrogens with zero attached hydrogens (tertiary/aromatic N) is 2. The van der Waals surface area contributed by atoms with E-state index >= 15 is 0 Å². The third kappa shape index (κ3) is 3.39. The van der Waals surface area contributed by atoms with Crippen LogP contribution in [0.25, 0.3) is 0 Å². The molecule has 3 aliphatic rings. The van der Waals surface area contributed by atoms with Gasteiger partial charge < -0.3 is 0 Å². The molecule has 5 rings (SSSR count). The molecule has 32 heavy (non-hydrogen) atoms. The summed E-state index contributed by atoms with van der Waals surface area (Å²) >= 11 is 9.57. The lowest BCUT2D eigenvalue weighted by molar-refractivity contribution is -0.154. The van der Waals surface area contributed by atoms with Crippen LogP contribution in [-0.2, 0) is 9.59 Å². The Labute approximate surface area is 198 Å². The SMILES string of the molecule is O=C(CN(C(=O)c1ccccc1Cl)N1C(=O)[C@H]2[C@H]3CC[C@@H](C3)[C@@H]2C1=O)c1ccc(Br)cc1. The van der Waals surface area contributed by atoms with Crippen molar-refractivity contribution in [3.05, 3.63) is 69.2 Å². The molecule has 0 spiro atoms. The zero-order valence-corrected chi connectivity index (χ0v) is 19.4. The first-order valence-corrected chi connectivity index (χ1v) is 11.8. The Kier molecular flexibility index (Phi) is 5.42. The highest BCUT2D eigenvalue weighted by molar-refractivity contribution is 9.10. The third-order valence-electron chi connectivity index (χ3n) is 6.94. The first-order valence-electron chi connectivity index (χ1n) is 10.6. The van der Waals surface area contributed by atoms with E-state index in [-0.39, 0.29) is 40.0 Å². The van der Waals surface area contributed by atoms with Crippen LogP contribution >= 0.6 is 27.5 Å². The van der Waals surface area contributed by atoms with Gasteiger partial charge in [0.1, 0.15) is 6.54 Å². The summed E-state index contributed by atoms with van der Waals surface area (Å²) in [6, 6.07) is 13.1. The van der Waals surface area contributed by atoms with Crippen molar-refractivity contribution in [1.82, 2.24) is 10.0 Å². The smallest absolute Gasteiger partial charge is 0.274 e. The Morgan fingerprint density at radius 1 is 0.969 bits per heavy atom. The number of carbonyl (C=O) groups excluding carboxylic acids is 4. The van der Waals surface area contributed by atoms with Crippen LogP contribution in [0.1, 0.15) is 40.0 Å². The highest BCUT2D eigenvalue weighted by Gasteiger charge is 2.62. The second kappa shape index (κ2) is 8.12. The summed E-state index contributed by atoms with van der Waals surface area (Å²) in [7, 11) is 0. The molecule has 0 aromatic heterocycles. The number of amides is 3. The van der Waals surface area contributed by atoms with Crippen molar-refractivity contribution in [1.29, 1.82) is 0 Å².